The van der Waals surface area contributed by atoms with Gasteiger partial charge in [0, 0.05) is 25.9 Å². The zero-order chi connectivity index (χ0) is 13.2. The molecule has 0 aliphatic carbocycles. The smallest absolute Gasteiger partial charge is 0.284 e. The number of aromatic nitrogens is 2. The first kappa shape index (κ1) is 13.3. The van der Waals surface area contributed by atoms with Crippen molar-refractivity contribution in [2.45, 2.75) is 38.5 Å². The summed E-state index contributed by atoms with van der Waals surface area (Å²) in [5.74, 6) is -2.92. The lowest BCUT2D eigenvalue weighted by atomic mass is 10.1. The second-order valence-corrected chi connectivity index (χ2v) is 5.42. The van der Waals surface area contributed by atoms with Gasteiger partial charge in [0.15, 0.2) is 0 Å². The van der Waals surface area contributed by atoms with E-state index in [0.29, 0.717) is 18.0 Å². The number of halogens is 2. The maximum Gasteiger partial charge on any atom is 0.284 e. The van der Waals surface area contributed by atoms with Gasteiger partial charge in [0.1, 0.15) is 5.01 Å². The van der Waals surface area contributed by atoms with E-state index in [9.17, 15) is 13.6 Å². The molecule has 1 aromatic heterocycles. The number of aryl methyl sites for hydroxylation is 1. The molecule has 2 rings (SSSR count). The molecule has 0 N–H and O–H groups in total. The zero-order valence-corrected chi connectivity index (χ0v) is 11.0. The Morgan fingerprint density at radius 2 is 2.17 bits per heavy atom. The monoisotopic (exact) mass is 275 g/mol. The normalized spacial score (nSPS) is 19.6. The van der Waals surface area contributed by atoms with Gasteiger partial charge in [0.05, 0.1) is 0 Å². The van der Waals surface area contributed by atoms with E-state index < -0.39 is 5.92 Å². The standard InChI is InChI=1S/C11H15F2N3OS/c1-2-8-14-15-9(18-8)10(17)16-6-3-4-11(12,13)5-7-16/h2-7H2,1H3. The molecule has 1 saturated heterocycles. The first-order valence-electron chi connectivity index (χ1n) is 6.01. The Morgan fingerprint density at radius 1 is 1.39 bits per heavy atom. The van der Waals surface area contributed by atoms with Gasteiger partial charge in [-0.15, -0.1) is 10.2 Å². The summed E-state index contributed by atoms with van der Waals surface area (Å²) in [6, 6.07) is 0. The predicted molar refractivity (Wildman–Crippen MR) is 64.0 cm³/mol. The summed E-state index contributed by atoms with van der Waals surface area (Å²) in [7, 11) is 0. The Hall–Kier alpha value is -1.11. The van der Waals surface area contributed by atoms with Crippen LogP contribution in [0.3, 0.4) is 0 Å². The van der Waals surface area contributed by atoms with Crippen molar-refractivity contribution in [3.05, 3.63) is 10.0 Å². The largest absolute Gasteiger partial charge is 0.336 e. The molecule has 0 bridgehead atoms. The van der Waals surface area contributed by atoms with Crippen LogP contribution in [-0.4, -0.2) is 40.0 Å². The van der Waals surface area contributed by atoms with Crippen LogP contribution in [0.1, 0.15) is 41.0 Å². The maximum atomic E-state index is 13.2. The highest BCUT2D eigenvalue weighted by Crippen LogP contribution is 2.28. The number of amides is 1. The lowest BCUT2D eigenvalue weighted by molar-refractivity contribution is -0.0125. The van der Waals surface area contributed by atoms with Crippen LogP contribution in [0.2, 0.25) is 0 Å². The van der Waals surface area contributed by atoms with E-state index in [1.807, 2.05) is 6.92 Å². The fraction of sp³-hybridized carbons (Fsp3) is 0.727. The molecular weight excluding hydrogens is 260 g/mol. The van der Waals surface area contributed by atoms with Gasteiger partial charge in [-0.05, 0) is 12.8 Å². The van der Waals surface area contributed by atoms with Gasteiger partial charge in [0.25, 0.3) is 5.91 Å². The summed E-state index contributed by atoms with van der Waals surface area (Å²) >= 11 is 1.24. The van der Waals surface area contributed by atoms with Crippen molar-refractivity contribution in [2.24, 2.45) is 0 Å². The first-order valence-corrected chi connectivity index (χ1v) is 6.83. The second kappa shape index (κ2) is 5.26. The van der Waals surface area contributed by atoms with Crippen molar-refractivity contribution in [3.8, 4) is 0 Å². The third-order valence-electron chi connectivity index (χ3n) is 2.96. The molecule has 0 unspecified atom stereocenters. The second-order valence-electron chi connectivity index (χ2n) is 4.36. The molecule has 7 heteroatoms. The lowest BCUT2D eigenvalue weighted by Gasteiger charge is -2.18. The summed E-state index contributed by atoms with van der Waals surface area (Å²) in [5, 5.41) is 8.79. The Balaban J connectivity index is 2.05. The summed E-state index contributed by atoms with van der Waals surface area (Å²) in [6.45, 7) is 2.39. The van der Waals surface area contributed by atoms with Crippen LogP contribution < -0.4 is 0 Å². The van der Waals surface area contributed by atoms with E-state index in [-0.39, 0.29) is 25.3 Å². The molecule has 18 heavy (non-hydrogen) atoms. The molecule has 100 valence electrons. The average molecular weight is 275 g/mol. The highest BCUT2D eigenvalue weighted by molar-refractivity contribution is 7.13. The Kier molecular flexibility index (Phi) is 3.89. The van der Waals surface area contributed by atoms with Crippen LogP contribution in [0.25, 0.3) is 0 Å². The van der Waals surface area contributed by atoms with Crippen molar-refractivity contribution in [1.29, 1.82) is 0 Å². The molecule has 1 aliphatic heterocycles. The van der Waals surface area contributed by atoms with Crippen molar-refractivity contribution >= 4 is 17.2 Å². The maximum absolute atomic E-state index is 13.2. The minimum absolute atomic E-state index is 0.0902. The first-order chi connectivity index (χ1) is 8.52. The number of rotatable bonds is 2. The minimum atomic E-state index is -2.65. The molecule has 0 radical (unpaired) electrons. The van der Waals surface area contributed by atoms with Gasteiger partial charge < -0.3 is 4.90 Å². The Morgan fingerprint density at radius 3 is 2.83 bits per heavy atom. The van der Waals surface area contributed by atoms with Crippen LogP contribution >= 0.6 is 11.3 Å². The molecule has 4 nitrogen and oxygen atoms in total. The summed E-state index contributed by atoms with van der Waals surface area (Å²) in [5.41, 5.74) is 0. The molecule has 1 amide bonds. The molecule has 1 aromatic rings. The molecule has 0 saturated carbocycles. The third kappa shape index (κ3) is 3.01. The van der Waals surface area contributed by atoms with E-state index in [2.05, 4.69) is 10.2 Å². The zero-order valence-electron chi connectivity index (χ0n) is 10.2. The van der Waals surface area contributed by atoms with Gasteiger partial charge in [-0.25, -0.2) is 8.78 Å². The fourth-order valence-electron chi connectivity index (χ4n) is 1.89. The summed E-state index contributed by atoms with van der Waals surface area (Å²) in [6.07, 6.45) is 0.645. The topological polar surface area (TPSA) is 46.1 Å². The van der Waals surface area contributed by atoms with E-state index in [4.69, 9.17) is 0 Å². The van der Waals surface area contributed by atoms with Gasteiger partial charge in [-0.2, -0.15) is 0 Å². The van der Waals surface area contributed by atoms with Crippen molar-refractivity contribution in [1.82, 2.24) is 15.1 Å². The predicted octanol–water partition coefficient (Wildman–Crippen LogP) is 2.36. The number of carbonyl (C=O) groups excluding carboxylic acids is 1. The van der Waals surface area contributed by atoms with E-state index in [0.717, 1.165) is 11.4 Å². The number of alkyl halides is 2. The average Bonchev–Trinajstić information content (AvgIpc) is 2.74. The van der Waals surface area contributed by atoms with Gasteiger partial charge in [0.2, 0.25) is 10.9 Å². The quantitative estimate of drug-likeness (QED) is 0.832. The Labute approximate surface area is 108 Å². The molecule has 2 heterocycles. The van der Waals surface area contributed by atoms with Crippen LogP contribution in [0.4, 0.5) is 8.78 Å². The van der Waals surface area contributed by atoms with Crippen LogP contribution in [0.15, 0.2) is 0 Å². The molecular formula is C11H15F2N3OS. The van der Waals surface area contributed by atoms with E-state index >= 15 is 0 Å². The SMILES string of the molecule is CCc1nnc(C(=O)N2CCCC(F)(F)CC2)s1. The van der Waals surface area contributed by atoms with Crippen molar-refractivity contribution in [2.75, 3.05) is 13.1 Å². The van der Waals surface area contributed by atoms with E-state index in [1.54, 1.807) is 0 Å². The fourth-order valence-corrected chi connectivity index (χ4v) is 2.63. The number of likely N-dealkylation sites (tertiary alicyclic amines) is 1. The van der Waals surface area contributed by atoms with Gasteiger partial charge in [-0.3, -0.25) is 4.79 Å². The minimum Gasteiger partial charge on any atom is -0.336 e. The highest BCUT2D eigenvalue weighted by atomic mass is 32.1. The summed E-state index contributed by atoms with van der Waals surface area (Å²) < 4.78 is 26.4. The highest BCUT2D eigenvalue weighted by Gasteiger charge is 2.33. The number of nitrogens with zero attached hydrogens (tertiary/aromatic N) is 3. The van der Waals surface area contributed by atoms with Gasteiger partial charge in [-0.1, -0.05) is 18.3 Å². The van der Waals surface area contributed by atoms with Gasteiger partial charge >= 0.3 is 0 Å². The van der Waals surface area contributed by atoms with Crippen LogP contribution in [-0.2, 0) is 6.42 Å². The third-order valence-corrected chi connectivity index (χ3v) is 4.01. The van der Waals surface area contributed by atoms with Crippen molar-refractivity contribution < 1.29 is 13.6 Å². The molecule has 0 spiro atoms. The lowest BCUT2D eigenvalue weighted by Crippen LogP contribution is -2.32. The van der Waals surface area contributed by atoms with E-state index in [1.165, 1.54) is 16.2 Å². The number of hydrogen-bond acceptors (Lipinski definition) is 4. The molecule has 0 atom stereocenters. The number of carbonyl (C=O) groups is 1. The number of hydrogen-bond donors (Lipinski definition) is 0. The summed E-state index contributed by atoms with van der Waals surface area (Å²) in [4.78, 5) is 13.5. The molecule has 0 aromatic carbocycles. The van der Waals surface area contributed by atoms with Crippen molar-refractivity contribution in [3.63, 3.8) is 0 Å². The van der Waals surface area contributed by atoms with Crippen LogP contribution in [0.5, 0.6) is 0 Å². The molecule has 1 aliphatic rings. The Bertz CT molecular complexity index is 436. The molecule has 1 fully saturated rings. The van der Waals surface area contributed by atoms with Crippen LogP contribution in [0, 0.1) is 0 Å².